The number of hydrogen-bond donors (Lipinski definition) is 0. The summed E-state index contributed by atoms with van der Waals surface area (Å²) in [6, 6.07) is 0. The average molecular weight is 567 g/mol. The van der Waals surface area contributed by atoms with Crippen LogP contribution in [-0.2, 0) is 51.4 Å². The van der Waals surface area contributed by atoms with Crippen molar-refractivity contribution < 1.29 is 9.47 Å². The number of fused-ring (bicyclic) bond motifs is 4. The third-order valence-corrected chi connectivity index (χ3v) is 10.8. The van der Waals surface area contributed by atoms with Gasteiger partial charge < -0.3 is 9.47 Å². The Morgan fingerprint density at radius 3 is 0.762 bits per heavy atom. The zero-order valence-electron chi connectivity index (χ0n) is 28.3. The Morgan fingerprint density at radius 2 is 0.595 bits per heavy atom. The Bertz CT molecular complexity index is 1300. The molecule has 42 heavy (non-hydrogen) atoms. The first-order chi connectivity index (χ1) is 20.3. The molecule has 226 valence electrons. The molecule has 0 bridgehead atoms. The van der Waals surface area contributed by atoms with Crippen LogP contribution in [0.15, 0.2) is 0 Å². The molecule has 3 aromatic carbocycles. The molecule has 0 saturated carbocycles. The van der Waals surface area contributed by atoms with E-state index in [9.17, 15) is 0 Å². The fraction of sp³-hybridized carbons (Fsp3) is 0.550. The van der Waals surface area contributed by atoms with Crippen LogP contribution in [-0.4, -0.2) is 14.2 Å². The number of methoxy groups -OCH3 is 2. The first-order valence-corrected chi connectivity index (χ1v) is 16.8. The van der Waals surface area contributed by atoms with Crippen LogP contribution < -0.4 is 9.47 Å². The lowest BCUT2D eigenvalue weighted by Crippen LogP contribution is -2.22. The highest BCUT2D eigenvalue weighted by Gasteiger charge is 2.35. The van der Waals surface area contributed by atoms with E-state index in [-0.39, 0.29) is 0 Å². The largest absolute Gasteiger partial charge is 0.496 e. The van der Waals surface area contributed by atoms with Gasteiger partial charge in [-0.3, -0.25) is 0 Å². The van der Waals surface area contributed by atoms with Crippen LogP contribution in [0.4, 0.5) is 0 Å². The highest BCUT2D eigenvalue weighted by molar-refractivity contribution is 5.70. The second-order valence-corrected chi connectivity index (χ2v) is 13.0. The summed E-state index contributed by atoms with van der Waals surface area (Å²) in [5, 5.41) is 0. The van der Waals surface area contributed by atoms with Crippen LogP contribution in [0.25, 0.3) is 0 Å². The van der Waals surface area contributed by atoms with Gasteiger partial charge in [0.1, 0.15) is 11.5 Å². The molecule has 2 heteroatoms. The van der Waals surface area contributed by atoms with Gasteiger partial charge in [0.2, 0.25) is 0 Å². The summed E-state index contributed by atoms with van der Waals surface area (Å²) in [4.78, 5) is 0. The van der Waals surface area contributed by atoms with E-state index >= 15 is 0 Å². The van der Waals surface area contributed by atoms with E-state index in [1.807, 2.05) is 14.2 Å². The van der Waals surface area contributed by atoms with Crippen LogP contribution in [0.2, 0.25) is 0 Å². The fourth-order valence-corrected chi connectivity index (χ4v) is 8.61. The molecule has 0 saturated heterocycles. The van der Waals surface area contributed by atoms with Crippen molar-refractivity contribution in [3.05, 3.63) is 89.0 Å². The van der Waals surface area contributed by atoms with Gasteiger partial charge in [-0.1, -0.05) is 53.4 Å². The maximum atomic E-state index is 6.45. The van der Waals surface area contributed by atoms with Gasteiger partial charge in [-0.15, -0.1) is 0 Å². The van der Waals surface area contributed by atoms with E-state index in [1.54, 1.807) is 44.5 Å². The van der Waals surface area contributed by atoms with E-state index in [0.29, 0.717) is 0 Å². The Balaban J connectivity index is 1.78. The van der Waals surface area contributed by atoms with Crippen LogP contribution >= 0.6 is 0 Å². The topological polar surface area (TPSA) is 18.5 Å². The van der Waals surface area contributed by atoms with Crippen molar-refractivity contribution in [3.8, 4) is 11.5 Å². The van der Waals surface area contributed by atoms with Crippen molar-refractivity contribution in [2.24, 2.45) is 0 Å². The molecule has 2 aliphatic rings. The van der Waals surface area contributed by atoms with Crippen LogP contribution in [0, 0.1) is 27.7 Å². The second-order valence-electron chi connectivity index (χ2n) is 13.0. The first-order valence-electron chi connectivity index (χ1n) is 16.8. The zero-order chi connectivity index (χ0) is 30.3. The Labute approximate surface area is 256 Å². The lowest BCUT2D eigenvalue weighted by atomic mass is 9.71. The molecule has 0 unspecified atom stereocenters. The lowest BCUT2D eigenvalue weighted by molar-refractivity contribution is 0.386. The van der Waals surface area contributed by atoms with Gasteiger partial charge in [0.05, 0.1) is 14.2 Å². The third kappa shape index (κ3) is 4.78. The highest BCUT2D eigenvalue weighted by atomic mass is 16.5. The van der Waals surface area contributed by atoms with Gasteiger partial charge in [0, 0.05) is 47.9 Å². The zero-order valence-corrected chi connectivity index (χ0v) is 28.3. The maximum Gasteiger partial charge on any atom is 0.126 e. The minimum Gasteiger partial charge on any atom is -0.496 e. The molecule has 0 spiro atoms. The Morgan fingerprint density at radius 1 is 0.381 bits per heavy atom. The SMILES string of the molecule is CCCc1c(C)c(C)c(CCC)c2c1Cc1c(c(OC)c3c(c1OC)Cc1c(CCC)c(C)c(C)c(CCC)c1C3)C2. The van der Waals surface area contributed by atoms with Crippen LogP contribution in [0.1, 0.15) is 142 Å². The summed E-state index contributed by atoms with van der Waals surface area (Å²) in [5.74, 6) is 2.26. The Kier molecular flexibility index (Phi) is 9.12. The molecule has 0 fully saturated rings. The monoisotopic (exact) mass is 566 g/mol. The fourth-order valence-electron chi connectivity index (χ4n) is 8.61. The van der Waals surface area contributed by atoms with Crippen LogP contribution in [0.3, 0.4) is 0 Å². The smallest absolute Gasteiger partial charge is 0.126 e. The van der Waals surface area contributed by atoms with Gasteiger partial charge in [-0.2, -0.15) is 0 Å². The molecule has 0 radical (unpaired) electrons. The summed E-state index contributed by atoms with van der Waals surface area (Å²) in [6.45, 7) is 18.7. The van der Waals surface area contributed by atoms with E-state index in [2.05, 4.69) is 55.4 Å². The maximum absolute atomic E-state index is 6.45. The van der Waals surface area contributed by atoms with E-state index in [4.69, 9.17) is 9.47 Å². The minimum atomic E-state index is 0.952. The third-order valence-electron chi connectivity index (χ3n) is 10.8. The molecule has 3 aromatic rings. The van der Waals surface area contributed by atoms with Gasteiger partial charge in [-0.05, 0) is 120 Å². The summed E-state index contributed by atoms with van der Waals surface area (Å²) >= 11 is 0. The van der Waals surface area contributed by atoms with E-state index in [1.165, 1.54) is 70.2 Å². The molecule has 0 heterocycles. The number of ether oxygens (including phenoxy) is 2. The molecule has 0 atom stereocenters. The van der Waals surface area contributed by atoms with E-state index in [0.717, 1.165) is 62.9 Å². The number of benzene rings is 3. The van der Waals surface area contributed by atoms with Crippen molar-refractivity contribution in [2.75, 3.05) is 14.2 Å². The standard InChI is InChI=1S/C40H54O2/c1-11-15-27-23(5)24(6)28(16-12-2)32-20-36-35(19-31(27)32)39(41-9)37-21-33-29(17-13-3)25(7)26(8)30(18-14-4)34(33)22-38(37)40(36)42-10/h11-22H2,1-10H3. The molecule has 2 aliphatic carbocycles. The van der Waals surface area contributed by atoms with Gasteiger partial charge >= 0.3 is 0 Å². The van der Waals surface area contributed by atoms with Gasteiger partial charge in [0.25, 0.3) is 0 Å². The average Bonchev–Trinajstić information content (AvgIpc) is 2.99. The summed E-state index contributed by atoms with van der Waals surface area (Å²) in [5.41, 5.74) is 24.2. The molecule has 0 amide bonds. The first kappa shape index (κ1) is 30.7. The predicted octanol–water partition coefficient (Wildman–Crippen LogP) is 9.74. The molecule has 2 nitrogen and oxygen atoms in total. The lowest BCUT2D eigenvalue weighted by Gasteiger charge is -2.35. The number of hydrogen-bond acceptors (Lipinski definition) is 2. The predicted molar refractivity (Wildman–Crippen MR) is 179 cm³/mol. The quantitative estimate of drug-likeness (QED) is 0.167. The van der Waals surface area contributed by atoms with Crippen LogP contribution in [0.5, 0.6) is 11.5 Å². The number of rotatable bonds is 10. The van der Waals surface area contributed by atoms with Crippen molar-refractivity contribution in [1.29, 1.82) is 0 Å². The Hall–Kier alpha value is -2.74. The van der Waals surface area contributed by atoms with E-state index < -0.39 is 0 Å². The molecular formula is C40H54O2. The van der Waals surface area contributed by atoms with Gasteiger partial charge in [0.15, 0.2) is 0 Å². The normalized spacial score (nSPS) is 13.4. The van der Waals surface area contributed by atoms with Gasteiger partial charge in [-0.25, -0.2) is 0 Å². The van der Waals surface area contributed by atoms with Crippen molar-refractivity contribution >= 4 is 0 Å². The summed E-state index contributed by atoms with van der Waals surface area (Å²) < 4.78 is 12.9. The molecular weight excluding hydrogens is 512 g/mol. The van der Waals surface area contributed by atoms with Crippen molar-refractivity contribution in [1.82, 2.24) is 0 Å². The second kappa shape index (κ2) is 12.5. The summed E-state index contributed by atoms with van der Waals surface area (Å²) in [7, 11) is 3.80. The minimum absolute atomic E-state index is 0.952. The molecule has 0 aliphatic heterocycles. The van der Waals surface area contributed by atoms with Crippen molar-refractivity contribution in [3.63, 3.8) is 0 Å². The molecule has 5 rings (SSSR count). The molecule has 0 aromatic heterocycles. The highest BCUT2D eigenvalue weighted by Crippen LogP contribution is 2.50. The summed E-state index contributed by atoms with van der Waals surface area (Å²) in [6.07, 6.45) is 13.1. The molecule has 0 N–H and O–H groups in total. The van der Waals surface area contributed by atoms with Crippen molar-refractivity contribution in [2.45, 2.75) is 132 Å².